The van der Waals surface area contributed by atoms with Gasteiger partial charge in [-0.2, -0.15) is 9.30 Å². The van der Waals surface area contributed by atoms with Gasteiger partial charge in [-0.05, 0) is 57.0 Å². The number of nitrogens with zero attached hydrogens (tertiary/aromatic N) is 3. The molecule has 4 rings (SSSR count). The number of aryl methyl sites for hydroxylation is 1. The van der Waals surface area contributed by atoms with Gasteiger partial charge in [-0.15, -0.1) is 0 Å². The van der Waals surface area contributed by atoms with Gasteiger partial charge in [0.1, 0.15) is 5.75 Å². The molecule has 1 aliphatic heterocycles. The summed E-state index contributed by atoms with van der Waals surface area (Å²) < 4.78 is 41.3. The zero-order valence-electron chi connectivity index (χ0n) is 20.3. The molecule has 0 radical (unpaired) electrons. The number of amides is 1. The van der Waals surface area contributed by atoms with E-state index in [1.165, 1.54) is 15.6 Å². The summed E-state index contributed by atoms with van der Waals surface area (Å²) in [7, 11) is -1.92. The first-order valence-corrected chi connectivity index (χ1v) is 14.0. The van der Waals surface area contributed by atoms with Gasteiger partial charge in [0.25, 0.3) is 5.91 Å². The van der Waals surface area contributed by atoms with Gasteiger partial charge < -0.3 is 14.0 Å². The summed E-state index contributed by atoms with van der Waals surface area (Å²) in [5.41, 5.74) is 1.98. The van der Waals surface area contributed by atoms with Crippen LogP contribution in [-0.2, 0) is 26.1 Å². The number of thiazole rings is 1. The minimum absolute atomic E-state index is 0.208. The Morgan fingerprint density at radius 2 is 1.86 bits per heavy atom. The number of hydrogen-bond donors (Lipinski definition) is 0. The van der Waals surface area contributed by atoms with Crippen LogP contribution >= 0.6 is 11.3 Å². The predicted octanol–water partition coefficient (Wildman–Crippen LogP) is 3.58. The predicted molar refractivity (Wildman–Crippen MR) is 136 cm³/mol. The highest BCUT2D eigenvalue weighted by atomic mass is 32.2. The van der Waals surface area contributed by atoms with Crippen molar-refractivity contribution in [2.24, 2.45) is 10.9 Å². The Morgan fingerprint density at radius 3 is 2.51 bits per heavy atom. The quantitative estimate of drug-likeness (QED) is 0.456. The number of aromatic nitrogens is 1. The van der Waals surface area contributed by atoms with Crippen molar-refractivity contribution in [2.75, 3.05) is 33.4 Å². The van der Waals surface area contributed by atoms with Crippen molar-refractivity contribution in [3.8, 4) is 5.75 Å². The molecule has 0 N–H and O–H groups in total. The molecule has 1 fully saturated rings. The number of carbonyl (C=O) groups excluding carboxylic acids is 1. The SMILES string of the molecule is CCOc1ccc2c(c1)sc(=NC(=O)C1CCN(S(=O)(=O)c3ccc(C)cc3)CC1)n2CCOC. The number of rotatable bonds is 8. The van der Waals surface area contributed by atoms with Crippen LogP contribution in [0.1, 0.15) is 25.3 Å². The normalized spacial score (nSPS) is 16.1. The first-order valence-electron chi connectivity index (χ1n) is 11.7. The zero-order valence-corrected chi connectivity index (χ0v) is 21.9. The lowest BCUT2D eigenvalue weighted by molar-refractivity contribution is -0.122. The number of piperidine rings is 1. The molecule has 10 heteroatoms. The topological polar surface area (TPSA) is 90.2 Å². The highest BCUT2D eigenvalue weighted by Crippen LogP contribution is 2.26. The van der Waals surface area contributed by atoms with Gasteiger partial charge in [0.15, 0.2) is 4.80 Å². The summed E-state index contributed by atoms with van der Waals surface area (Å²) in [5, 5.41) is 0. The molecule has 3 aromatic rings. The van der Waals surface area contributed by atoms with Gasteiger partial charge in [0.2, 0.25) is 10.0 Å². The van der Waals surface area contributed by atoms with Crippen LogP contribution in [0.15, 0.2) is 52.4 Å². The summed E-state index contributed by atoms with van der Waals surface area (Å²) in [5.74, 6) is 0.264. The first-order chi connectivity index (χ1) is 16.8. The smallest absolute Gasteiger partial charge is 0.251 e. The number of hydrogen-bond acceptors (Lipinski definition) is 6. The molecule has 0 unspecified atom stereocenters. The van der Waals surface area contributed by atoms with E-state index in [1.807, 2.05) is 36.6 Å². The fraction of sp³-hybridized carbons (Fsp3) is 0.440. The van der Waals surface area contributed by atoms with E-state index in [1.54, 1.807) is 31.4 Å². The van der Waals surface area contributed by atoms with Crippen molar-refractivity contribution in [3.63, 3.8) is 0 Å². The number of methoxy groups -OCH3 is 1. The fourth-order valence-electron chi connectivity index (χ4n) is 4.18. The Bertz CT molecular complexity index is 1350. The number of benzene rings is 2. The van der Waals surface area contributed by atoms with E-state index in [0.29, 0.717) is 50.5 Å². The Hall–Kier alpha value is -2.53. The molecule has 188 valence electrons. The average Bonchev–Trinajstić information content (AvgIpc) is 3.19. The van der Waals surface area contributed by atoms with Crippen LogP contribution < -0.4 is 9.54 Å². The molecule has 1 amide bonds. The Labute approximate surface area is 209 Å². The maximum absolute atomic E-state index is 13.1. The van der Waals surface area contributed by atoms with Crippen LogP contribution in [-0.4, -0.2) is 56.6 Å². The molecule has 1 aliphatic rings. The highest BCUT2D eigenvalue weighted by molar-refractivity contribution is 7.89. The number of carbonyl (C=O) groups is 1. The molecule has 1 aromatic heterocycles. The first kappa shape index (κ1) is 25.6. The number of fused-ring (bicyclic) bond motifs is 1. The summed E-state index contributed by atoms with van der Waals surface area (Å²) in [4.78, 5) is 18.5. The Kier molecular flexibility index (Phi) is 8.05. The number of ether oxygens (including phenoxy) is 2. The van der Waals surface area contributed by atoms with Crippen LogP contribution in [0.2, 0.25) is 0 Å². The standard InChI is InChI=1S/C25H31N3O5S2/c1-4-33-20-7-10-22-23(17-20)34-25(28(22)15-16-32-3)26-24(29)19-11-13-27(14-12-19)35(30,31)21-8-5-18(2)6-9-21/h5-10,17,19H,4,11-16H2,1-3H3. The number of sulfonamides is 1. The van der Waals surface area contributed by atoms with E-state index in [0.717, 1.165) is 21.5 Å². The van der Waals surface area contributed by atoms with Crippen LogP contribution in [0.5, 0.6) is 5.75 Å². The highest BCUT2D eigenvalue weighted by Gasteiger charge is 2.32. The minimum Gasteiger partial charge on any atom is -0.494 e. The summed E-state index contributed by atoms with van der Waals surface area (Å²) in [6.45, 7) is 6.11. The molecule has 0 atom stereocenters. The molecule has 0 spiro atoms. The lowest BCUT2D eigenvalue weighted by Gasteiger charge is -2.29. The zero-order chi connectivity index (χ0) is 25.0. The molecule has 1 saturated heterocycles. The lowest BCUT2D eigenvalue weighted by Crippen LogP contribution is -2.40. The average molecular weight is 518 g/mol. The largest absolute Gasteiger partial charge is 0.494 e. The van der Waals surface area contributed by atoms with Crippen LogP contribution in [0.25, 0.3) is 10.2 Å². The van der Waals surface area contributed by atoms with Crippen molar-refractivity contribution in [1.82, 2.24) is 8.87 Å². The third-order valence-electron chi connectivity index (χ3n) is 6.15. The fourth-order valence-corrected chi connectivity index (χ4v) is 6.74. The third kappa shape index (κ3) is 5.66. The molecule has 0 saturated carbocycles. The maximum Gasteiger partial charge on any atom is 0.251 e. The van der Waals surface area contributed by atoms with Gasteiger partial charge in [-0.1, -0.05) is 29.0 Å². The molecule has 0 bridgehead atoms. The van der Waals surface area contributed by atoms with Gasteiger partial charge >= 0.3 is 0 Å². The van der Waals surface area contributed by atoms with Crippen molar-refractivity contribution in [1.29, 1.82) is 0 Å². The van der Waals surface area contributed by atoms with Gasteiger partial charge in [0.05, 0.1) is 28.3 Å². The summed E-state index contributed by atoms with van der Waals surface area (Å²) in [6, 6.07) is 12.7. The van der Waals surface area contributed by atoms with Crippen molar-refractivity contribution < 1.29 is 22.7 Å². The van der Waals surface area contributed by atoms with Crippen molar-refractivity contribution in [3.05, 3.63) is 52.8 Å². The second kappa shape index (κ2) is 11.0. The van der Waals surface area contributed by atoms with Crippen molar-refractivity contribution in [2.45, 2.75) is 38.1 Å². The van der Waals surface area contributed by atoms with Gasteiger partial charge in [-0.25, -0.2) is 8.42 Å². The maximum atomic E-state index is 13.1. The summed E-state index contributed by atoms with van der Waals surface area (Å²) in [6.07, 6.45) is 0.899. The van der Waals surface area contributed by atoms with E-state index >= 15 is 0 Å². The van der Waals surface area contributed by atoms with Crippen LogP contribution in [0, 0.1) is 12.8 Å². The van der Waals surface area contributed by atoms with Crippen LogP contribution in [0.3, 0.4) is 0 Å². The Morgan fingerprint density at radius 1 is 1.14 bits per heavy atom. The van der Waals surface area contributed by atoms with E-state index in [-0.39, 0.29) is 16.7 Å². The lowest BCUT2D eigenvalue weighted by atomic mass is 9.98. The van der Waals surface area contributed by atoms with Gasteiger partial charge in [-0.3, -0.25) is 4.79 Å². The third-order valence-corrected chi connectivity index (χ3v) is 9.11. The molecule has 35 heavy (non-hydrogen) atoms. The van der Waals surface area contributed by atoms with E-state index in [2.05, 4.69) is 4.99 Å². The van der Waals surface area contributed by atoms with Crippen LogP contribution in [0.4, 0.5) is 0 Å². The second-order valence-corrected chi connectivity index (χ2v) is 11.5. The molecular weight excluding hydrogens is 486 g/mol. The second-order valence-electron chi connectivity index (χ2n) is 8.53. The molecule has 8 nitrogen and oxygen atoms in total. The molecule has 2 aromatic carbocycles. The molecular formula is C25H31N3O5S2. The van der Waals surface area contributed by atoms with E-state index in [9.17, 15) is 13.2 Å². The molecule has 2 heterocycles. The van der Waals surface area contributed by atoms with Gasteiger partial charge in [0, 0.05) is 32.7 Å². The van der Waals surface area contributed by atoms with E-state index < -0.39 is 10.0 Å². The van der Waals surface area contributed by atoms with Crippen molar-refractivity contribution >= 4 is 37.5 Å². The Balaban J connectivity index is 1.53. The monoisotopic (exact) mass is 517 g/mol. The minimum atomic E-state index is -3.57. The van der Waals surface area contributed by atoms with E-state index in [4.69, 9.17) is 9.47 Å². The molecule has 0 aliphatic carbocycles. The summed E-state index contributed by atoms with van der Waals surface area (Å²) >= 11 is 1.44.